The highest BCUT2D eigenvalue weighted by Gasteiger charge is 2.44. The maximum absolute atomic E-state index is 9.63. The molecule has 1 rings (SSSR count). The van der Waals surface area contributed by atoms with Crippen molar-refractivity contribution in [3.63, 3.8) is 0 Å². The van der Waals surface area contributed by atoms with Crippen molar-refractivity contribution in [3.05, 3.63) is 0 Å². The monoisotopic (exact) mass is 206 g/mol. The van der Waals surface area contributed by atoms with Gasteiger partial charge >= 0.3 is 0 Å². The summed E-state index contributed by atoms with van der Waals surface area (Å²) >= 11 is 0. The molecule has 0 amide bonds. The molecule has 0 aromatic heterocycles. The van der Waals surface area contributed by atoms with Crippen LogP contribution in [0, 0.1) is 11.8 Å². The highest BCUT2D eigenvalue weighted by Crippen LogP contribution is 2.28. The van der Waals surface area contributed by atoms with E-state index in [0.29, 0.717) is 0 Å². The number of rotatable bonds is 2. The largest absolute Gasteiger partial charge is 0.396 e. The van der Waals surface area contributed by atoms with Gasteiger partial charge in [-0.05, 0) is 5.92 Å². The number of ether oxygens (including phenoxy) is 1. The molecule has 14 heavy (non-hydrogen) atoms. The highest BCUT2D eigenvalue weighted by molar-refractivity contribution is 4.89. The first-order valence-electron chi connectivity index (χ1n) is 4.79. The van der Waals surface area contributed by atoms with Crippen LogP contribution in [-0.4, -0.2) is 51.6 Å². The fraction of sp³-hybridized carbons (Fsp3) is 1.00. The van der Waals surface area contributed by atoms with Gasteiger partial charge in [0.25, 0.3) is 0 Å². The molecular weight excluding hydrogens is 188 g/mol. The van der Waals surface area contributed by atoms with Gasteiger partial charge < -0.3 is 25.2 Å². The van der Waals surface area contributed by atoms with Crippen molar-refractivity contribution >= 4 is 0 Å². The molecule has 5 heteroatoms. The third-order valence-corrected chi connectivity index (χ3v) is 2.66. The quantitative estimate of drug-likeness (QED) is 0.450. The van der Waals surface area contributed by atoms with Crippen LogP contribution in [0.3, 0.4) is 0 Å². The molecule has 1 aliphatic rings. The van der Waals surface area contributed by atoms with E-state index in [1.807, 2.05) is 13.8 Å². The summed E-state index contributed by atoms with van der Waals surface area (Å²) in [4.78, 5) is 0. The molecule has 1 heterocycles. The number of aliphatic hydroxyl groups excluding tert-OH is 4. The predicted octanol–water partition coefficient (Wildman–Crippen LogP) is -1.31. The fourth-order valence-corrected chi connectivity index (χ4v) is 1.71. The zero-order chi connectivity index (χ0) is 10.9. The summed E-state index contributed by atoms with van der Waals surface area (Å²) in [6.07, 6.45) is -4.01. The average Bonchev–Trinajstić information content (AvgIpc) is 2.12. The summed E-state index contributed by atoms with van der Waals surface area (Å²) in [7, 11) is 0. The van der Waals surface area contributed by atoms with Gasteiger partial charge in [0.15, 0.2) is 6.29 Å². The molecular formula is C9H18O5. The van der Waals surface area contributed by atoms with Gasteiger partial charge in [0, 0.05) is 0 Å². The van der Waals surface area contributed by atoms with Crippen molar-refractivity contribution in [3.8, 4) is 0 Å². The molecule has 1 saturated heterocycles. The molecule has 1 fully saturated rings. The summed E-state index contributed by atoms with van der Waals surface area (Å²) in [6.45, 7) is 3.24. The molecule has 5 atom stereocenters. The maximum atomic E-state index is 9.63. The lowest BCUT2D eigenvalue weighted by Gasteiger charge is -2.41. The number of aliphatic hydroxyl groups is 4. The van der Waals surface area contributed by atoms with E-state index in [-0.39, 0.29) is 5.92 Å². The lowest BCUT2D eigenvalue weighted by atomic mass is 9.87. The second-order valence-corrected chi connectivity index (χ2v) is 4.06. The Labute approximate surface area is 82.9 Å². The first-order valence-corrected chi connectivity index (χ1v) is 4.79. The number of hydrogen-bond donors (Lipinski definition) is 4. The lowest BCUT2D eigenvalue weighted by Crippen LogP contribution is -2.56. The van der Waals surface area contributed by atoms with E-state index in [2.05, 4.69) is 0 Å². The Bertz CT molecular complexity index is 182. The molecule has 5 unspecified atom stereocenters. The van der Waals surface area contributed by atoms with E-state index >= 15 is 0 Å². The van der Waals surface area contributed by atoms with Gasteiger partial charge in [-0.15, -0.1) is 0 Å². The summed E-state index contributed by atoms with van der Waals surface area (Å²) in [5.74, 6) is -0.839. The molecule has 5 nitrogen and oxygen atoms in total. The molecule has 0 aromatic rings. The van der Waals surface area contributed by atoms with Gasteiger partial charge in [-0.3, -0.25) is 0 Å². The maximum Gasteiger partial charge on any atom is 0.162 e. The van der Waals surface area contributed by atoms with Gasteiger partial charge in [-0.25, -0.2) is 0 Å². The summed E-state index contributed by atoms with van der Waals surface area (Å²) in [5.41, 5.74) is 0. The van der Waals surface area contributed by atoms with E-state index in [4.69, 9.17) is 9.84 Å². The van der Waals surface area contributed by atoms with Gasteiger partial charge in [0.2, 0.25) is 0 Å². The first-order chi connectivity index (χ1) is 6.49. The van der Waals surface area contributed by atoms with Crippen molar-refractivity contribution < 1.29 is 25.2 Å². The second kappa shape index (κ2) is 4.55. The van der Waals surface area contributed by atoms with Crippen LogP contribution in [0.2, 0.25) is 0 Å². The normalized spacial score (nSPS) is 44.4. The van der Waals surface area contributed by atoms with Gasteiger partial charge in [0.05, 0.1) is 24.7 Å². The van der Waals surface area contributed by atoms with Crippen LogP contribution in [-0.2, 0) is 4.74 Å². The summed E-state index contributed by atoms with van der Waals surface area (Å²) in [5, 5.41) is 37.5. The Hall–Kier alpha value is -0.200. The zero-order valence-corrected chi connectivity index (χ0v) is 8.37. The van der Waals surface area contributed by atoms with Gasteiger partial charge in [-0.1, -0.05) is 13.8 Å². The summed E-state index contributed by atoms with van der Waals surface area (Å²) in [6, 6.07) is 0. The van der Waals surface area contributed by atoms with Crippen LogP contribution in [0.15, 0.2) is 0 Å². The molecule has 0 radical (unpaired) electrons. The first kappa shape index (κ1) is 11.9. The van der Waals surface area contributed by atoms with Crippen LogP contribution in [0.5, 0.6) is 0 Å². The van der Waals surface area contributed by atoms with E-state index in [9.17, 15) is 15.3 Å². The van der Waals surface area contributed by atoms with Gasteiger partial charge in [0.1, 0.15) is 6.10 Å². The van der Waals surface area contributed by atoms with Crippen LogP contribution >= 0.6 is 0 Å². The minimum atomic E-state index is -1.22. The molecule has 0 bridgehead atoms. The number of hydrogen-bond acceptors (Lipinski definition) is 5. The van der Waals surface area contributed by atoms with Crippen molar-refractivity contribution in [1.29, 1.82) is 0 Å². The SMILES string of the molecule is CC(C)C1OC(O)C(CO)C(O)C1O. The van der Waals surface area contributed by atoms with Crippen LogP contribution in [0.1, 0.15) is 13.8 Å². The standard InChI is InChI=1S/C9H18O5/c1-4(2)8-7(12)6(11)5(3-10)9(13)14-8/h4-13H,3H2,1-2H3. The van der Waals surface area contributed by atoms with E-state index < -0.39 is 37.1 Å². The van der Waals surface area contributed by atoms with Gasteiger partial charge in [-0.2, -0.15) is 0 Å². The Morgan fingerprint density at radius 1 is 1.14 bits per heavy atom. The highest BCUT2D eigenvalue weighted by atomic mass is 16.6. The smallest absolute Gasteiger partial charge is 0.162 e. The molecule has 4 N–H and O–H groups in total. The molecule has 0 saturated carbocycles. The zero-order valence-electron chi connectivity index (χ0n) is 8.37. The molecule has 0 aromatic carbocycles. The van der Waals surface area contributed by atoms with Crippen LogP contribution < -0.4 is 0 Å². The summed E-state index contributed by atoms with van der Waals surface area (Å²) < 4.78 is 5.12. The van der Waals surface area contributed by atoms with Crippen molar-refractivity contribution in [2.24, 2.45) is 11.8 Å². The van der Waals surface area contributed by atoms with Crippen LogP contribution in [0.4, 0.5) is 0 Å². The topological polar surface area (TPSA) is 90.2 Å². The molecule has 0 aliphatic carbocycles. The lowest BCUT2D eigenvalue weighted by molar-refractivity contribution is -0.277. The van der Waals surface area contributed by atoms with Crippen molar-refractivity contribution in [2.75, 3.05) is 6.61 Å². The minimum Gasteiger partial charge on any atom is -0.396 e. The fourth-order valence-electron chi connectivity index (χ4n) is 1.71. The average molecular weight is 206 g/mol. The Morgan fingerprint density at radius 3 is 2.14 bits per heavy atom. The van der Waals surface area contributed by atoms with Crippen molar-refractivity contribution in [1.82, 2.24) is 0 Å². The van der Waals surface area contributed by atoms with E-state index in [1.54, 1.807) is 0 Å². The minimum absolute atomic E-state index is 0.00561. The Morgan fingerprint density at radius 2 is 1.71 bits per heavy atom. The third-order valence-electron chi connectivity index (χ3n) is 2.66. The van der Waals surface area contributed by atoms with Crippen LogP contribution in [0.25, 0.3) is 0 Å². The van der Waals surface area contributed by atoms with Crippen molar-refractivity contribution in [2.45, 2.75) is 38.4 Å². The third kappa shape index (κ3) is 2.07. The van der Waals surface area contributed by atoms with E-state index in [0.717, 1.165) is 0 Å². The Balaban J connectivity index is 2.72. The van der Waals surface area contributed by atoms with E-state index in [1.165, 1.54) is 0 Å². The molecule has 1 aliphatic heterocycles. The predicted molar refractivity (Wildman–Crippen MR) is 48.3 cm³/mol. The Kier molecular flexibility index (Phi) is 3.86. The second-order valence-electron chi connectivity index (χ2n) is 4.06. The molecule has 0 spiro atoms. The molecule has 84 valence electrons.